The van der Waals surface area contributed by atoms with E-state index in [9.17, 15) is 4.39 Å². The Labute approximate surface area is 175 Å². The molecule has 2 aliphatic heterocycles. The quantitative estimate of drug-likeness (QED) is 0.681. The second kappa shape index (κ2) is 7.96. The van der Waals surface area contributed by atoms with Crippen LogP contribution >= 0.6 is 0 Å². The first-order chi connectivity index (χ1) is 14.7. The molecule has 0 spiro atoms. The minimum atomic E-state index is -0.556. The number of ether oxygens (including phenoxy) is 1. The van der Waals surface area contributed by atoms with E-state index >= 15 is 0 Å². The Bertz CT molecular complexity index is 1040. The van der Waals surface area contributed by atoms with Gasteiger partial charge in [-0.25, -0.2) is 14.4 Å². The largest absolute Gasteiger partial charge is 0.378 e. The van der Waals surface area contributed by atoms with Crippen LogP contribution in [0.1, 0.15) is 6.99 Å². The molecule has 0 saturated carbocycles. The Kier molecular flexibility index (Phi) is 5.01. The zero-order valence-electron chi connectivity index (χ0n) is 16.7. The lowest BCUT2D eigenvalue weighted by Gasteiger charge is -2.43. The average Bonchev–Trinajstić information content (AvgIpc) is 3.15. The fraction of sp³-hybridized carbons (Fsp3) is 0.400. The topological polar surface area (TPSA) is 84.2 Å². The van der Waals surface area contributed by atoms with Gasteiger partial charge in [0.15, 0.2) is 11.6 Å². The van der Waals surface area contributed by atoms with Crippen LogP contribution in [0.3, 0.4) is 0 Å². The van der Waals surface area contributed by atoms with E-state index < -0.39 is 5.82 Å². The van der Waals surface area contributed by atoms with Crippen molar-refractivity contribution in [2.75, 3.05) is 49.6 Å². The zero-order valence-corrected chi connectivity index (χ0v) is 16.7. The van der Waals surface area contributed by atoms with E-state index in [1.54, 1.807) is 0 Å². The van der Waals surface area contributed by atoms with E-state index in [1.807, 2.05) is 6.07 Å². The summed E-state index contributed by atoms with van der Waals surface area (Å²) in [7, 11) is 0. The molecule has 0 bridgehead atoms. The molecule has 1 N–H and O–H groups in total. The highest BCUT2D eigenvalue weighted by atomic mass is 19.1. The third-order valence-corrected chi connectivity index (χ3v) is 5.49. The maximum Gasteiger partial charge on any atom is 0.247 e. The van der Waals surface area contributed by atoms with Crippen LogP contribution in [0, 0.1) is 12.7 Å². The van der Waals surface area contributed by atoms with Crippen molar-refractivity contribution >= 4 is 17.3 Å². The molecular weight excluding hydrogens is 387 g/mol. The van der Waals surface area contributed by atoms with Crippen LogP contribution in [0.2, 0.25) is 0 Å². The highest BCUT2D eigenvalue weighted by molar-refractivity contribution is 5.64. The summed E-state index contributed by atoms with van der Waals surface area (Å²) in [6.07, 6.45) is 3.80. The second-order valence-corrected chi connectivity index (χ2v) is 7.60. The predicted octanol–water partition coefficient (Wildman–Crippen LogP) is 2.02. The predicted molar refractivity (Wildman–Crippen MR) is 112 cm³/mol. The van der Waals surface area contributed by atoms with E-state index in [4.69, 9.17) is 4.74 Å². The smallest absolute Gasteiger partial charge is 0.247 e. The van der Waals surface area contributed by atoms with Gasteiger partial charge in [0.2, 0.25) is 5.95 Å². The molecule has 0 aliphatic carbocycles. The van der Waals surface area contributed by atoms with E-state index in [0.717, 1.165) is 56.8 Å². The number of nitrogens with zero attached hydrogens (tertiary/aromatic N) is 7. The summed E-state index contributed by atoms with van der Waals surface area (Å²) in [5, 5.41) is 7.50. The molecule has 1 aromatic carbocycles. The summed E-state index contributed by atoms with van der Waals surface area (Å²) in [4.78, 5) is 16.7. The van der Waals surface area contributed by atoms with Crippen LogP contribution < -0.4 is 10.2 Å². The van der Waals surface area contributed by atoms with Crippen molar-refractivity contribution in [3.05, 3.63) is 48.4 Å². The van der Waals surface area contributed by atoms with Crippen LogP contribution in [0.5, 0.6) is 0 Å². The standard InChI is InChI=1S/C20H23FN8O.H2/c1-14-6-15(25-20-24-13-29(26-20)19-18(21)9-22-12-23-19)8-16(7-14)27-2-4-28(5-3-27)17-10-30-11-17;/h6-9,12-13,17H,2-5,10-11H2,1H3,(H,25,26);1H. The van der Waals surface area contributed by atoms with Crippen LogP contribution in [-0.2, 0) is 4.74 Å². The van der Waals surface area contributed by atoms with Gasteiger partial charge >= 0.3 is 0 Å². The van der Waals surface area contributed by atoms with Gasteiger partial charge in [-0.05, 0) is 30.7 Å². The maximum absolute atomic E-state index is 13.9. The highest BCUT2D eigenvalue weighted by Crippen LogP contribution is 2.26. The van der Waals surface area contributed by atoms with Gasteiger partial charge in [0, 0.05) is 39.0 Å². The van der Waals surface area contributed by atoms with Crippen LogP contribution in [0.4, 0.5) is 21.7 Å². The number of hydrogen-bond acceptors (Lipinski definition) is 8. The number of hydrogen-bond donors (Lipinski definition) is 1. The van der Waals surface area contributed by atoms with Crippen molar-refractivity contribution in [2.45, 2.75) is 13.0 Å². The fourth-order valence-electron chi connectivity index (χ4n) is 3.82. The first-order valence-electron chi connectivity index (χ1n) is 9.99. The molecule has 2 saturated heterocycles. The Morgan fingerprint density at radius 2 is 1.97 bits per heavy atom. The number of anilines is 3. The lowest BCUT2D eigenvalue weighted by atomic mass is 10.1. The zero-order chi connectivity index (χ0) is 20.5. The third kappa shape index (κ3) is 3.83. The lowest BCUT2D eigenvalue weighted by molar-refractivity contribution is -0.0660. The Balaban J connectivity index is 0.00000231. The van der Waals surface area contributed by atoms with Gasteiger partial charge in [-0.15, -0.1) is 5.10 Å². The monoisotopic (exact) mass is 412 g/mol. The van der Waals surface area contributed by atoms with E-state index in [-0.39, 0.29) is 7.24 Å². The van der Waals surface area contributed by atoms with E-state index in [2.05, 4.69) is 54.2 Å². The minimum Gasteiger partial charge on any atom is -0.378 e. The maximum atomic E-state index is 13.9. The summed E-state index contributed by atoms with van der Waals surface area (Å²) >= 11 is 0. The molecule has 2 aliphatic rings. The molecular formula is C20H25FN8O. The van der Waals surface area contributed by atoms with Gasteiger partial charge in [-0.3, -0.25) is 4.90 Å². The number of nitrogens with one attached hydrogen (secondary N) is 1. The molecule has 0 radical (unpaired) electrons. The number of rotatable bonds is 5. The van der Waals surface area contributed by atoms with Crippen molar-refractivity contribution in [1.29, 1.82) is 0 Å². The Morgan fingerprint density at radius 1 is 1.13 bits per heavy atom. The van der Waals surface area contributed by atoms with Gasteiger partial charge in [-0.1, -0.05) is 0 Å². The van der Waals surface area contributed by atoms with Gasteiger partial charge in [0.1, 0.15) is 12.7 Å². The molecule has 30 heavy (non-hydrogen) atoms. The first kappa shape index (κ1) is 18.9. The van der Waals surface area contributed by atoms with Gasteiger partial charge in [-0.2, -0.15) is 9.67 Å². The van der Waals surface area contributed by atoms with Gasteiger partial charge in [0.25, 0.3) is 0 Å². The molecule has 2 aromatic heterocycles. The number of aromatic nitrogens is 5. The summed E-state index contributed by atoms with van der Waals surface area (Å²) in [5.41, 5.74) is 3.20. The summed E-state index contributed by atoms with van der Waals surface area (Å²) < 4.78 is 20.5. The van der Waals surface area contributed by atoms with Crippen molar-refractivity contribution in [3.63, 3.8) is 0 Å². The number of benzene rings is 1. The molecule has 0 atom stereocenters. The average molecular weight is 412 g/mol. The molecule has 9 nitrogen and oxygen atoms in total. The Morgan fingerprint density at radius 3 is 2.70 bits per heavy atom. The van der Waals surface area contributed by atoms with Crippen molar-refractivity contribution in [3.8, 4) is 5.82 Å². The highest BCUT2D eigenvalue weighted by Gasteiger charge is 2.29. The minimum absolute atomic E-state index is 0. The van der Waals surface area contributed by atoms with Crippen molar-refractivity contribution < 1.29 is 10.6 Å². The number of halogens is 1. The van der Waals surface area contributed by atoms with Crippen LogP contribution in [0.15, 0.2) is 37.1 Å². The number of aryl methyl sites for hydroxylation is 1. The molecule has 5 rings (SSSR count). The van der Waals surface area contributed by atoms with Gasteiger partial charge in [0.05, 0.1) is 25.5 Å². The summed E-state index contributed by atoms with van der Waals surface area (Å²) in [6.45, 7) is 7.84. The lowest BCUT2D eigenvalue weighted by Crippen LogP contribution is -2.56. The molecule has 10 heteroatoms. The van der Waals surface area contributed by atoms with Crippen molar-refractivity contribution in [2.24, 2.45) is 0 Å². The summed E-state index contributed by atoms with van der Waals surface area (Å²) in [5.74, 6) is -0.121. The molecule has 2 fully saturated rings. The first-order valence-corrected chi connectivity index (χ1v) is 9.99. The van der Waals surface area contributed by atoms with Crippen LogP contribution in [0.25, 0.3) is 5.82 Å². The van der Waals surface area contributed by atoms with Crippen LogP contribution in [-0.4, -0.2) is 75.1 Å². The van der Waals surface area contributed by atoms with E-state index in [0.29, 0.717) is 12.0 Å². The molecule has 3 aromatic rings. The normalized spacial score (nSPS) is 17.7. The van der Waals surface area contributed by atoms with Crippen molar-refractivity contribution in [1.82, 2.24) is 29.6 Å². The molecule has 0 amide bonds. The fourth-order valence-corrected chi connectivity index (χ4v) is 3.82. The molecule has 4 heterocycles. The second-order valence-electron chi connectivity index (χ2n) is 7.60. The number of piperazine rings is 1. The third-order valence-electron chi connectivity index (χ3n) is 5.49. The van der Waals surface area contributed by atoms with E-state index in [1.165, 1.54) is 23.0 Å². The summed E-state index contributed by atoms with van der Waals surface area (Å²) in [6, 6.07) is 6.91. The molecule has 158 valence electrons. The van der Waals surface area contributed by atoms with Gasteiger partial charge < -0.3 is 15.0 Å². The Hall–Kier alpha value is -3.11. The molecule has 0 unspecified atom stereocenters. The SMILES string of the molecule is Cc1cc(Nc2ncn(-c3ncncc3F)n2)cc(N2CCN(C3COC3)CC2)c1.[HH].